The maximum Gasteiger partial charge on any atom is 0.525 e. The molecule has 0 radical (unpaired) electrons. The predicted molar refractivity (Wildman–Crippen MR) is 166 cm³/mol. The number of piperazine rings is 1. The molecule has 238 valence electrons. The van der Waals surface area contributed by atoms with E-state index < -0.39 is 46.7 Å². The number of carbonyl (C=O) groups is 4. The number of nitrogens with zero attached hydrogens (tertiary/aromatic N) is 2. The number of aliphatic carboxylic acids is 1. The molecular formula is C34H40N3O8+. The van der Waals surface area contributed by atoms with Crippen LogP contribution in [0, 0.1) is 0 Å². The SMILES string of the molecule is COc1ccccc1-c1ccc([C@H](CC(=O)O)NC(=O)[N+]2(C(=O)OC(C)(C)C)CCN(C(=O)OCc3ccccc3)CC2)cc1. The van der Waals surface area contributed by atoms with Crippen molar-refractivity contribution in [3.05, 3.63) is 90.0 Å². The number of para-hydroxylation sites is 1. The van der Waals surface area contributed by atoms with Crippen molar-refractivity contribution in [2.45, 2.75) is 45.4 Å². The lowest BCUT2D eigenvalue weighted by atomic mass is 9.98. The van der Waals surface area contributed by atoms with E-state index in [1.165, 1.54) is 4.90 Å². The topological polar surface area (TPSA) is 131 Å². The molecule has 3 aromatic carbocycles. The number of amides is 4. The minimum atomic E-state index is -1.12. The second-order valence-corrected chi connectivity index (χ2v) is 11.8. The molecule has 11 heteroatoms. The number of nitrogens with one attached hydrogen (secondary N) is 1. The summed E-state index contributed by atoms with van der Waals surface area (Å²) < 4.78 is 15.8. The highest BCUT2D eigenvalue weighted by atomic mass is 16.6. The van der Waals surface area contributed by atoms with Crippen molar-refractivity contribution in [3.8, 4) is 16.9 Å². The Labute approximate surface area is 262 Å². The van der Waals surface area contributed by atoms with Crippen LogP contribution >= 0.6 is 0 Å². The number of hydrogen-bond donors (Lipinski definition) is 2. The Kier molecular flexibility index (Phi) is 10.5. The number of benzene rings is 3. The number of quaternary nitrogens is 1. The number of methoxy groups -OCH3 is 1. The summed E-state index contributed by atoms with van der Waals surface area (Å²) in [7, 11) is 1.59. The van der Waals surface area contributed by atoms with Crippen molar-refractivity contribution in [2.75, 3.05) is 33.3 Å². The Morgan fingerprint density at radius 2 is 1.53 bits per heavy atom. The molecule has 1 aliphatic rings. The minimum Gasteiger partial charge on any atom is -0.496 e. The molecule has 1 atom stereocenters. The fraction of sp³-hybridized carbons (Fsp3) is 0.353. The van der Waals surface area contributed by atoms with Crippen LogP contribution < -0.4 is 10.1 Å². The van der Waals surface area contributed by atoms with Crippen LogP contribution in [0.25, 0.3) is 11.1 Å². The van der Waals surface area contributed by atoms with Crippen molar-refractivity contribution < 1.29 is 43.0 Å². The Balaban J connectivity index is 1.53. The number of carboxylic acid groups (broad SMARTS) is 1. The average Bonchev–Trinajstić information content (AvgIpc) is 3.02. The molecule has 1 heterocycles. The van der Waals surface area contributed by atoms with Gasteiger partial charge in [0, 0.05) is 5.56 Å². The van der Waals surface area contributed by atoms with Crippen molar-refractivity contribution in [1.82, 2.24) is 10.2 Å². The van der Waals surface area contributed by atoms with Crippen LogP contribution in [0.2, 0.25) is 0 Å². The monoisotopic (exact) mass is 618 g/mol. The number of ether oxygens (including phenoxy) is 3. The lowest BCUT2D eigenvalue weighted by Gasteiger charge is -2.40. The summed E-state index contributed by atoms with van der Waals surface area (Å²) in [4.78, 5) is 53.7. The summed E-state index contributed by atoms with van der Waals surface area (Å²) >= 11 is 0. The van der Waals surface area contributed by atoms with Crippen LogP contribution in [0.1, 0.15) is 44.4 Å². The second-order valence-electron chi connectivity index (χ2n) is 11.8. The lowest BCUT2D eigenvalue weighted by Crippen LogP contribution is -2.69. The third-order valence-corrected chi connectivity index (χ3v) is 7.51. The van der Waals surface area contributed by atoms with Gasteiger partial charge in [-0.3, -0.25) is 15.0 Å². The quantitative estimate of drug-likeness (QED) is 0.294. The Hall–Kier alpha value is -4.90. The number of rotatable bonds is 8. The number of hydrogen-bond acceptors (Lipinski definition) is 7. The van der Waals surface area contributed by atoms with Gasteiger partial charge in [-0.2, -0.15) is 4.79 Å². The van der Waals surface area contributed by atoms with Gasteiger partial charge in [-0.05, 0) is 43.5 Å². The van der Waals surface area contributed by atoms with Crippen LogP contribution in [-0.4, -0.2) is 77.6 Å². The van der Waals surface area contributed by atoms with Crippen molar-refractivity contribution in [3.63, 3.8) is 0 Å². The zero-order valence-corrected chi connectivity index (χ0v) is 26.0. The first-order chi connectivity index (χ1) is 21.4. The highest BCUT2D eigenvalue weighted by molar-refractivity contribution is 5.81. The lowest BCUT2D eigenvalue weighted by molar-refractivity contribution is -0.784. The largest absolute Gasteiger partial charge is 0.525 e. The van der Waals surface area contributed by atoms with Gasteiger partial charge < -0.3 is 19.3 Å². The Morgan fingerprint density at radius 3 is 2.13 bits per heavy atom. The van der Waals surface area contributed by atoms with Gasteiger partial charge in [0.05, 0.1) is 32.7 Å². The normalized spacial score (nSPS) is 15.0. The van der Waals surface area contributed by atoms with E-state index in [1.807, 2.05) is 66.7 Å². The molecule has 45 heavy (non-hydrogen) atoms. The fourth-order valence-corrected chi connectivity index (χ4v) is 5.10. The Bertz CT molecular complexity index is 1490. The zero-order chi connectivity index (χ0) is 32.6. The molecule has 2 N–H and O–H groups in total. The van der Waals surface area contributed by atoms with Crippen LogP contribution in [-0.2, 0) is 20.9 Å². The highest BCUT2D eigenvalue weighted by Gasteiger charge is 2.52. The minimum absolute atomic E-state index is 0.0531. The molecule has 1 aliphatic heterocycles. The maximum atomic E-state index is 14.0. The zero-order valence-electron chi connectivity index (χ0n) is 26.0. The van der Waals surface area contributed by atoms with E-state index >= 15 is 0 Å². The molecule has 11 nitrogen and oxygen atoms in total. The number of carboxylic acids is 1. The number of urea groups is 1. The molecule has 0 aromatic heterocycles. The molecule has 3 aromatic rings. The maximum absolute atomic E-state index is 14.0. The third kappa shape index (κ3) is 8.39. The summed E-state index contributed by atoms with van der Waals surface area (Å²) in [5.74, 6) is -0.434. The molecule has 0 unspecified atom stereocenters. The van der Waals surface area contributed by atoms with Gasteiger partial charge in [0.2, 0.25) is 0 Å². The first kappa shape index (κ1) is 33.0. The molecule has 4 amide bonds. The van der Waals surface area contributed by atoms with Crippen molar-refractivity contribution in [1.29, 1.82) is 0 Å². The van der Waals surface area contributed by atoms with Crippen molar-refractivity contribution in [2.24, 2.45) is 0 Å². The molecule has 0 bridgehead atoms. The molecule has 0 spiro atoms. The molecular weight excluding hydrogens is 578 g/mol. The van der Waals surface area contributed by atoms with Gasteiger partial charge >= 0.3 is 24.2 Å². The van der Waals surface area contributed by atoms with Gasteiger partial charge in [0.25, 0.3) is 0 Å². The standard InChI is InChI=1S/C34H39N3O8/c1-34(2,3)45-33(42)37(20-18-36(19-21-37)32(41)44-23-24-10-6-5-7-11-24)31(40)35-28(22-30(38)39)26-16-14-25(15-17-26)27-12-8-9-13-29(27)43-4/h5-17,28H,18-23H2,1-4H3,(H-,35,38,39,40)/p+1/t28-/m0/s1. The second kappa shape index (κ2) is 14.3. The van der Waals surface area contributed by atoms with E-state index in [2.05, 4.69) is 5.32 Å². The van der Waals surface area contributed by atoms with Gasteiger partial charge in [0.15, 0.2) is 0 Å². The van der Waals surface area contributed by atoms with E-state index in [0.29, 0.717) is 11.3 Å². The van der Waals surface area contributed by atoms with E-state index in [4.69, 9.17) is 14.2 Å². The summed E-state index contributed by atoms with van der Waals surface area (Å²) in [5.41, 5.74) is 2.21. The van der Waals surface area contributed by atoms with Crippen LogP contribution in [0.15, 0.2) is 78.9 Å². The van der Waals surface area contributed by atoms with Crippen LogP contribution in [0.3, 0.4) is 0 Å². The summed E-state index contributed by atoms with van der Waals surface area (Å²) in [6.07, 6.45) is -1.75. The highest BCUT2D eigenvalue weighted by Crippen LogP contribution is 2.31. The first-order valence-corrected chi connectivity index (χ1v) is 14.7. The molecule has 0 aliphatic carbocycles. The van der Waals surface area contributed by atoms with Gasteiger partial charge in [-0.25, -0.2) is 9.59 Å². The molecule has 1 fully saturated rings. The van der Waals surface area contributed by atoms with Crippen LogP contribution in [0.5, 0.6) is 5.75 Å². The van der Waals surface area contributed by atoms with E-state index in [0.717, 1.165) is 16.7 Å². The fourth-order valence-electron chi connectivity index (χ4n) is 5.10. The molecule has 4 rings (SSSR count). The van der Waals surface area contributed by atoms with Gasteiger partial charge in [0.1, 0.15) is 31.0 Å². The first-order valence-electron chi connectivity index (χ1n) is 14.7. The molecule has 0 saturated carbocycles. The van der Waals surface area contributed by atoms with Crippen molar-refractivity contribution >= 4 is 24.2 Å². The van der Waals surface area contributed by atoms with E-state index in [9.17, 15) is 24.3 Å². The third-order valence-electron chi connectivity index (χ3n) is 7.51. The average molecular weight is 619 g/mol. The summed E-state index contributed by atoms with van der Waals surface area (Å²) in [5, 5.41) is 12.5. The summed E-state index contributed by atoms with van der Waals surface area (Å²) in [6.45, 7) is 5.15. The van der Waals surface area contributed by atoms with Gasteiger partial charge in [-0.1, -0.05) is 72.8 Å². The Morgan fingerprint density at radius 1 is 0.911 bits per heavy atom. The van der Waals surface area contributed by atoms with E-state index in [1.54, 1.807) is 40.0 Å². The van der Waals surface area contributed by atoms with Gasteiger partial charge in [-0.15, -0.1) is 4.48 Å². The number of imide groups is 1. The van der Waals surface area contributed by atoms with E-state index in [-0.39, 0.29) is 32.8 Å². The molecule has 1 saturated heterocycles. The number of carbonyl (C=O) groups excluding carboxylic acids is 3. The predicted octanol–water partition coefficient (Wildman–Crippen LogP) is 5.99. The smallest absolute Gasteiger partial charge is 0.496 e. The van der Waals surface area contributed by atoms with Crippen LogP contribution in [0.4, 0.5) is 14.4 Å². The summed E-state index contributed by atoms with van der Waals surface area (Å²) in [6, 6.07) is 22.3.